The molecule has 0 radical (unpaired) electrons. The summed E-state index contributed by atoms with van der Waals surface area (Å²) >= 11 is 0. The van der Waals surface area contributed by atoms with Crippen molar-refractivity contribution < 1.29 is 5.11 Å². The fraction of sp³-hybridized carbons (Fsp3) is 0.565. The molecule has 0 spiro atoms. The number of aliphatic hydroxyl groups excluding tert-OH is 1. The van der Waals surface area contributed by atoms with Crippen LogP contribution >= 0.6 is 0 Å². The fourth-order valence-electron chi connectivity index (χ4n) is 3.25. The van der Waals surface area contributed by atoms with Gasteiger partial charge in [0.2, 0.25) is 0 Å². The Morgan fingerprint density at radius 3 is 2.40 bits per heavy atom. The molecule has 1 rings (SSSR count). The first-order valence-corrected chi connectivity index (χ1v) is 9.69. The summed E-state index contributed by atoms with van der Waals surface area (Å²) in [5, 5.41) is 8.86. The number of aliphatic hydroxyl groups is 1. The topological polar surface area (TPSA) is 23.5 Å². The van der Waals surface area contributed by atoms with Crippen molar-refractivity contribution in [1.82, 2.24) is 4.90 Å². The normalized spacial score (nSPS) is 22.2. The Balaban J connectivity index is 2.90. The van der Waals surface area contributed by atoms with Gasteiger partial charge in [-0.3, -0.25) is 0 Å². The molecule has 0 saturated heterocycles. The molecule has 0 bridgehead atoms. The summed E-state index contributed by atoms with van der Waals surface area (Å²) in [4.78, 5) is 2.18. The Morgan fingerprint density at radius 2 is 1.80 bits per heavy atom. The summed E-state index contributed by atoms with van der Waals surface area (Å²) in [5.41, 5.74) is 6.04. The second-order valence-electron chi connectivity index (χ2n) is 7.39. The molecule has 0 saturated carbocycles. The van der Waals surface area contributed by atoms with Gasteiger partial charge in [-0.15, -0.1) is 0 Å². The molecular formula is C23H37NO. The highest BCUT2D eigenvalue weighted by atomic mass is 16.2. The number of unbranched alkanes of at least 4 members (excludes halogenated alkanes) is 4. The minimum atomic E-state index is 0.318. The van der Waals surface area contributed by atoms with Gasteiger partial charge in [-0.05, 0) is 49.7 Å². The van der Waals surface area contributed by atoms with E-state index in [2.05, 4.69) is 64.1 Å². The average Bonchev–Trinajstić information content (AvgIpc) is 2.61. The Bertz CT molecular complexity index is 548. The summed E-state index contributed by atoms with van der Waals surface area (Å²) in [5.74, 6) is 0.437. The molecule has 0 amide bonds. The minimum absolute atomic E-state index is 0.318. The van der Waals surface area contributed by atoms with Crippen LogP contribution in [0.25, 0.3) is 0 Å². The van der Waals surface area contributed by atoms with Crippen molar-refractivity contribution >= 4 is 0 Å². The average molecular weight is 344 g/mol. The lowest BCUT2D eigenvalue weighted by molar-refractivity contribution is 0.282. The van der Waals surface area contributed by atoms with Crippen molar-refractivity contribution in [3.05, 3.63) is 59.5 Å². The van der Waals surface area contributed by atoms with E-state index >= 15 is 0 Å². The molecule has 1 aliphatic rings. The smallest absolute Gasteiger partial charge is 0.0431 e. The zero-order valence-corrected chi connectivity index (χ0v) is 16.8. The zero-order chi connectivity index (χ0) is 18.8. The maximum Gasteiger partial charge on any atom is 0.0431 e. The van der Waals surface area contributed by atoms with Crippen molar-refractivity contribution in [3.63, 3.8) is 0 Å². The van der Waals surface area contributed by atoms with Crippen molar-refractivity contribution in [2.24, 2.45) is 5.92 Å². The number of hydrogen-bond acceptors (Lipinski definition) is 2. The van der Waals surface area contributed by atoms with Crippen LogP contribution in [0, 0.1) is 5.92 Å². The Kier molecular flexibility index (Phi) is 9.59. The second-order valence-corrected chi connectivity index (χ2v) is 7.39. The molecule has 0 unspecified atom stereocenters. The van der Waals surface area contributed by atoms with Gasteiger partial charge in [-0.25, -0.2) is 0 Å². The van der Waals surface area contributed by atoms with E-state index in [0.717, 1.165) is 42.7 Å². The van der Waals surface area contributed by atoms with E-state index in [4.69, 9.17) is 5.11 Å². The third-order valence-electron chi connectivity index (χ3n) is 4.81. The van der Waals surface area contributed by atoms with Gasteiger partial charge in [0.15, 0.2) is 0 Å². The van der Waals surface area contributed by atoms with Gasteiger partial charge in [0.05, 0.1) is 0 Å². The summed E-state index contributed by atoms with van der Waals surface area (Å²) in [6.07, 6.45) is 14.7. The summed E-state index contributed by atoms with van der Waals surface area (Å²) < 4.78 is 0. The van der Waals surface area contributed by atoms with Gasteiger partial charge in [0, 0.05) is 25.0 Å². The molecule has 0 aromatic carbocycles. The van der Waals surface area contributed by atoms with E-state index in [9.17, 15) is 0 Å². The third kappa shape index (κ3) is 7.07. The highest BCUT2D eigenvalue weighted by Crippen LogP contribution is 2.30. The van der Waals surface area contributed by atoms with Gasteiger partial charge < -0.3 is 10.0 Å². The van der Waals surface area contributed by atoms with Gasteiger partial charge in [-0.1, -0.05) is 70.1 Å². The van der Waals surface area contributed by atoms with Crippen LogP contribution in [0.2, 0.25) is 0 Å². The number of likely N-dealkylation sites (N-methyl/N-ethyl adjacent to an activating group) is 1. The lowest BCUT2D eigenvalue weighted by atomic mass is 9.95. The van der Waals surface area contributed by atoms with E-state index in [-0.39, 0.29) is 0 Å². The first kappa shape index (κ1) is 21.5. The predicted octanol–water partition coefficient (Wildman–Crippen LogP) is 6.14. The maximum atomic E-state index is 8.86. The molecule has 25 heavy (non-hydrogen) atoms. The Morgan fingerprint density at radius 1 is 1.16 bits per heavy atom. The molecule has 140 valence electrons. The van der Waals surface area contributed by atoms with E-state index in [1.54, 1.807) is 0 Å². The lowest BCUT2D eigenvalue weighted by Gasteiger charge is -2.28. The van der Waals surface area contributed by atoms with Crippen LogP contribution in [0.1, 0.15) is 65.7 Å². The van der Waals surface area contributed by atoms with Crippen molar-refractivity contribution in [3.8, 4) is 0 Å². The number of rotatable bonds is 9. The lowest BCUT2D eigenvalue weighted by Crippen LogP contribution is -2.20. The van der Waals surface area contributed by atoms with Gasteiger partial charge in [0.25, 0.3) is 0 Å². The molecule has 2 heteroatoms. The van der Waals surface area contributed by atoms with E-state index < -0.39 is 0 Å². The predicted molar refractivity (Wildman–Crippen MR) is 110 cm³/mol. The number of hydrogen-bond donors (Lipinski definition) is 1. The Labute approximate surface area is 155 Å². The molecule has 0 fully saturated rings. The van der Waals surface area contributed by atoms with Crippen molar-refractivity contribution in [2.45, 2.75) is 65.7 Å². The number of nitrogens with zero attached hydrogens (tertiary/aromatic N) is 1. The van der Waals surface area contributed by atoms with E-state index in [1.165, 1.54) is 30.4 Å². The standard InChI is InChI=1S/C23H37NO/c1-18(2)22-17-21(13-10-8-7-9-11-16-25)14-12-15-23(19(3)4)24(6)20(22)5/h14-15,17-18,25H,3,5,7-13,16H2,1-2,4,6H3/b21-14-,22-17-,23-15-. The van der Waals surface area contributed by atoms with Crippen LogP contribution in [0.15, 0.2) is 59.5 Å². The fourth-order valence-corrected chi connectivity index (χ4v) is 3.25. The molecule has 1 aliphatic heterocycles. The third-order valence-corrected chi connectivity index (χ3v) is 4.81. The van der Waals surface area contributed by atoms with E-state index in [0.29, 0.717) is 12.5 Å². The highest BCUT2D eigenvalue weighted by molar-refractivity contribution is 5.42. The molecule has 0 aliphatic carbocycles. The molecule has 1 N–H and O–H groups in total. The van der Waals surface area contributed by atoms with Gasteiger partial charge >= 0.3 is 0 Å². The van der Waals surface area contributed by atoms with Crippen molar-refractivity contribution in [1.29, 1.82) is 0 Å². The van der Waals surface area contributed by atoms with Crippen LogP contribution < -0.4 is 0 Å². The van der Waals surface area contributed by atoms with Gasteiger partial charge in [-0.2, -0.15) is 0 Å². The minimum Gasteiger partial charge on any atom is -0.396 e. The zero-order valence-electron chi connectivity index (χ0n) is 16.8. The summed E-state index contributed by atoms with van der Waals surface area (Å²) in [6, 6.07) is 0. The van der Waals surface area contributed by atoms with Gasteiger partial charge in [0.1, 0.15) is 0 Å². The van der Waals surface area contributed by atoms with Crippen molar-refractivity contribution in [2.75, 3.05) is 13.7 Å². The second kappa shape index (κ2) is 11.1. The first-order chi connectivity index (χ1) is 11.9. The molecule has 0 aromatic heterocycles. The van der Waals surface area contributed by atoms with Crippen LogP contribution in [0.3, 0.4) is 0 Å². The largest absolute Gasteiger partial charge is 0.396 e. The Hall–Kier alpha value is -1.54. The first-order valence-electron chi connectivity index (χ1n) is 9.69. The summed E-state index contributed by atoms with van der Waals surface area (Å²) in [6.45, 7) is 15.3. The SMILES string of the molecule is C=C(C)/C1=C/C/C=C(CCCCCCCO)\C=C(\C(C)C)C(=C)N1C. The quantitative estimate of drug-likeness (QED) is 0.508. The monoisotopic (exact) mass is 343 g/mol. The summed E-state index contributed by atoms with van der Waals surface area (Å²) in [7, 11) is 2.09. The maximum absolute atomic E-state index is 8.86. The van der Waals surface area contributed by atoms with Crippen LogP contribution in [-0.2, 0) is 0 Å². The molecule has 0 atom stereocenters. The van der Waals surface area contributed by atoms with Crippen LogP contribution in [0.5, 0.6) is 0 Å². The number of allylic oxidation sites excluding steroid dienone is 6. The molecule has 1 heterocycles. The molecule has 0 aromatic rings. The molecular weight excluding hydrogens is 306 g/mol. The van der Waals surface area contributed by atoms with Crippen LogP contribution in [-0.4, -0.2) is 23.7 Å². The van der Waals surface area contributed by atoms with E-state index in [1.807, 2.05) is 0 Å². The molecule has 2 nitrogen and oxygen atoms in total. The highest BCUT2D eigenvalue weighted by Gasteiger charge is 2.17. The van der Waals surface area contributed by atoms with Crippen LogP contribution in [0.4, 0.5) is 0 Å².